The Hall–Kier alpha value is -2.39. The Morgan fingerprint density at radius 1 is 1.09 bits per heavy atom. The van der Waals surface area contributed by atoms with Crippen molar-refractivity contribution in [3.63, 3.8) is 0 Å². The number of hydrogen-bond acceptors (Lipinski definition) is 4. The number of piperidine rings is 1. The molecule has 4 rings (SSSR count). The summed E-state index contributed by atoms with van der Waals surface area (Å²) >= 11 is 12.0. The van der Waals surface area contributed by atoms with Crippen molar-refractivity contribution < 1.29 is 13.2 Å². The number of nitrogens with one attached hydrogen (secondary N) is 2. The number of hydrogen-bond donors (Lipinski definition) is 2. The Labute approximate surface area is 196 Å². The van der Waals surface area contributed by atoms with Crippen LogP contribution < -0.4 is 5.32 Å². The minimum Gasteiger partial charge on any atom is -0.352 e. The number of rotatable bonds is 6. The van der Waals surface area contributed by atoms with E-state index in [1.165, 1.54) is 16.4 Å². The third-order valence-electron chi connectivity index (χ3n) is 5.57. The predicted molar refractivity (Wildman–Crippen MR) is 124 cm³/mol. The van der Waals surface area contributed by atoms with Crippen LogP contribution in [0, 0.1) is 5.92 Å². The van der Waals surface area contributed by atoms with Gasteiger partial charge in [0.1, 0.15) is 4.90 Å². The van der Waals surface area contributed by atoms with Crippen molar-refractivity contribution >= 4 is 39.1 Å². The van der Waals surface area contributed by atoms with E-state index in [2.05, 4.69) is 15.5 Å². The van der Waals surface area contributed by atoms with Gasteiger partial charge in [-0.05, 0) is 48.2 Å². The third-order valence-corrected chi connectivity index (χ3v) is 8.18. The molecule has 1 aromatic heterocycles. The summed E-state index contributed by atoms with van der Waals surface area (Å²) in [5.41, 5.74) is 2.93. The molecule has 3 aromatic rings. The van der Waals surface area contributed by atoms with Gasteiger partial charge in [-0.2, -0.15) is 9.40 Å². The van der Waals surface area contributed by atoms with Crippen LogP contribution in [0.3, 0.4) is 0 Å². The zero-order valence-corrected chi connectivity index (χ0v) is 19.4. The van der Waals surface area contributed by atoms with Gasteiger partial charge in [0.25, 0.3) is 0 Å². The third kappa shape index (κ3) is 4.99. The van der Waals surface area contributed by atoms with E-state index in [0.29, 0.717) is 24.4 Å². The highest BCUT2D eigenvalue weighted by molar-refractivity contribution is 7.89. The van der Waals surface area contributed by atoms with E-state index >= 15 is 0 Å². The Morgan fingerprint density at radius 3 is 2.47 bits per heavy atom. The maximum atomic E-state index is 12.9. The Kier molecular flexibility index (Phi) is 6.85. The number of aromatic nitrogens is 2. The predicted octanol–water partition coefficient (Wildman–Crippen LogP) is 4.10. The standard InChI is InChI=1S/C22H22Cl2N4O3S/c23-18-5-6-19(24)21(13-18)32(30,31)28-11-8-17(9-12-28)22(29)25-14-15-1-3-16(4-2-15)20-7-10-26-27-20/h1-7,10,13,17H,8-9,11-12,14H2,(H,25,29)(H,26,27). The molecule has 0 bridgehead atoms. The molecular weight excluding hydrogens is 471 g/mol. The van der Waals surface area contributed by atoms with E-state index < -0.39 is 10.0 Å². The first kappa shape index (κ1) is 22.8. The van der Waals surface area contributed by atoms with E-state index in [1.54, 1.807) is 12.3 Å². The van der Waals surface area contributed by atoms with Gasteiger partial charge in [0, 0.05) is 36.8 Å². The van der Waals surface area contributed by atoms with Crippen LogP contribution in [0.2, 0.25) is 10.0 Å². The smallest absolute Gasteiger partial charge is 0.244 e. The van der Waals surface area contributed by atoms with Crippen molar-refractivity contribution in [2.24, 2.45) is 5.92 Å². The quantitative estimate of drug-likeness (QED) is 0.541. The second-order valence-corrected chi connectivity index (χ2v) is 10.4. The van der Waals surface area contributed by atoms with Crippen LogP contribution in [0.15, 0.2) is 59.6 Å². The number of benzene rings is 2. The van der Waals surface area contributed by atoms with E-state index in [0.717, 1.165) is 16.8 Å². The van der Waals surface area contributed by atoms with Crippen molar-refractivity contribution in [1.82, 2.24) is 19.8 Å². The van der Waals surface area contributed by atoms with Crippen LogP contribution in [0.25, 0.3) is 11.3 Å². The molecule has 1 amide bonds. The van der Waals surface area contributed by atoms with Crippen molar-refractivity contribution in [3.8, 4) is 11.3 Å². The summed E-state index contributed by atoms with van der Waals surface area (Å²) in [4.78, 5) is 12.6. The fraction of sp³-hybridized carbons (Fsp3) is 0.273. The molecule has 2 aromatic carbocycles. The zero-order chi connectivity index (χ0) is 22.7. The second-order valence-electron chi connectivity index (χ2n) is 7.64. The molecule has 7 nitrogen and oxygen atoms in total. The first-order valence-corrected chi connectivity index (χ1v) is 12.4. The first-order valence-electron chi connectivity index (χ1n) is 10.2. The van der Waals surface area contributed by atoms with Gasteiger partial charge < -0.3 is 5.32 Å². The highest BCUT2D eigenvalue weighted by Crippen LogP contribution is 2.30. The summed E-state index contributed by atoms with van der Waals surface area (Å²) in [6.45, 7) is 0.920. The molecular formula is C22H22Cl2N4O3S. The summed E-state index contributed by atoms with van der Waals surface area (Å²) in [6, 6.07) is 14.1. The highest BCUT2D eigenvalue weighted by Gasteiger charge is 2.33. The average molecular weight is 493 g/mol. The molecule has 0 unspecified atom stereocenters. The molecule has 168 valence electrons. The monoisotopic (exact) mass is 492 g/mol. The normalized spacial score (nSPS) is 15.6. The highest BCUT2D eigenvalue weighted by atomic mass is 35.5. The molecule has 2 heterocycles. The Morgan fingerprint density at radius 2 is 1.81 bits per heavy atom. The minimum atomic E-state index is -3.76. The first-order chi connectivity index (χ1) is 15.3. The SMILES string of the molecule is O=C(NCc1ccc(-c2ccn[nH]2)cc1)C1CCN(S(=O)(=O)c2cc(Cl)ccc2Cl)CC1. The number of H-pyrrole nitrogens is 1. The van der Waals surface area contributed by atoms with Crippen molar-refractivity contribution in [1.29, 1.82) is 0 Å². The lowest BCUT2D eigenvalue weighted by atomic mass is 9.97. The van der Waals surface area contributed by atoms with E-state index in [9.17, 15) is 13.2 Å². The van der Waals surface area contributed by atoms with Gasteiger partial charge in [0.2, 0.25) is 15.9 Å². The van der Waals surface area contributed by atoms with Crippen LogP contribution in [0.5, 0.6) is 0 Å². The fourth-order valence-corrected chi connectivity index (χ4v) is 5.93. The van der Waals surface area contributed by atoms with Crippen LogP contribution in [0.1, 0.15) is 18.4 Å². The minimum absolute atomic E-state index is 0.00635. The number of carbonyl (C=O) groups is 1. The van der Waals surface area contributed by atoms with Crippen LogP contribution in [-0.2, 0) is 21.4 Å². The molecule has 0 saturated carbocycles. The molecule has 1 aliphatic heterocycles. The summed E-state index contributed by atoms with van der Waals surface area (Å²) in [7, 11) is -3.76. The van der Waals surface area contributed by atoms with E-state index in [4.69, 9.17) is 23.2 Å². The molecule has 0 radical (unpaired) electrons. The van der Waals surface area contributed by atoms with Crippen molar-refractivity contribution in [3.05, 3.63) is 70.3 Å². The average Bonchev–Trinajstić information content (AvgIpc) is 3.34. The Bertz CT molecular complexity index is 1190. The van der Waals surface area contributed by atoms with E-state index in [-0.39, 0.29) is 34.8 Å². The largest absolute Gasteiger partial charge is 0.352 e. The van der Waals surface area contributed by atoms with Crippen LogP contribution >= 0.6 is 23.2 Å². The number of sulfonamides is 1. The number of nitrogens with zero attached hydrogens (tertiary/aromatic N) is 2. The fourth-order valence-electron chi connectivity index (χ4n) is 3.72. The van der Waals surface area contributed by atoms with Gasteiger partial charge in [0.05, 0.1) is 10.7 Å². The number of amides is 1. The van der Waals surface area contributed by atoms with Gasteiger partial charge in [-0.15, -0.1) is 0 Å². The molecule has 1 aliphatic rings. The van der Waals surface area contributed by atoms with Gasteiger partial charge in [-0.25, -0.2) is 8.42 Å². The number of carbonyl (C=O) groups excluding carboxylic acids is 1. The molecule has 32 heavy (non-hydrogen) atoms. The molecule has 1 saturated heterocycles. The van der Waals surface area contributed by atoms with Gasteiger partial charge in [0.15, 0.2) is 0 Å². The summed E-state index contributed by atoms with van der Waals surface area (Å²) in [6.07, 6.45) is 2.59. The van der Waals surface area contributed by atoms with Crippen LogP contribution in [-0.4, -0.2) is 41.9 Å². The summed E-state index contributed by atoms with van der Waals surface area (Å²) < 4.78 is 27.2. The molecule has 1 fully saturated rings. The van der Waals surface area contributed by atoms with E-state index in [1.807, 2.05) is 30.3 Å². The molecule has 0 spiro atoms. The maximum absolute atomic E-state index is 12.9. The van der Waals surface area contributed by atoms with Crippen molar-refractivity contribution in [2.45, 2.75) is 24.3 Å². The Balaban J connectivity index is 1.31. The van der Waals surface area contributed by atoms with Crippen LogP contribution in [0.4, 0.5) is 0 Å². The van der Waals surface area contributed by atoms with Gasteiger partial charge in [-0.1, -0.05) is 47.5 Å². The van der Waals surface area contributed by atoms with Crippen molar-refractivity contribution in [2.75, 3.05) is 13.1 Å². The summed E-state index contributed by atoms with van der Waals surface area (Å²) in [5.74, 6) is -0.305. The topological polar surface area (TPSA) is 95.2 Å². The van der Waals surface area contributed by atoms with Gasteiger partial charge in [-0.3, -0.25) is 9.89 Å². The lowest BCUT2D eigenvalue weighted by Gasteiger charge is -2.30. The second kappa shape index (κ2) is 9.62. The maximum Gasteiger partial charge on any atom is 0.244 e. The summed E-state index contributed by atoms with van der Waals surface area (Å²) in [5, 5.41) is 10.3. The molecule has 2 N–H and O–H groups in total. The lowest BCUT2D eigenvalue weighted by molar-refractivity contribution is -0.126. The molecule has 0 aliphatic carbocycles. The molecule has 10 heteroatoms. The zero-order valence-electron chi connectivity index (χ0n) is 17.1. The number of halogens is 2. The van der Waals surface area contributed by atoms with Gasteiger partial charge >= 0.3 is 0 Å². The molecule has 0 atom stereocenters. The number of aromatic amines is 1. The lowest BCUT2D eigenvalue weighted by Crippen LogP contribution is -2.42.